The van der Waals surface area contributed by atoms with Gasteiger partial charge in [0.05, 0.1) is 6.04 Å². The third-order valence-corrected chi connectivity index (χ3v) is 3.45. The zero-order valence-corrected chi connectivity index (χ0v) is 11.9. The third kappa shape index (κ3) is 3.18. The molecule has 1 amide bonds. The minimum absolute atomic E-state index is 0.0292. The van der Waals surface area contributed by atoms with Crippen LogP contribution in [0.2, 0.25) is 0 Å². The van der Waals surface area contributed by atoms with E-state index in [4.69, 9.17) is 5.73 Å². The smallest absolute Gasteiger partial charge is 0.251 e. The quantitative estimate of drug-likeness (QED) is 0.834. The van der Waals surface area contributed by atoms with E-state index in [0.29, 0.717) is 11.3 Å². The van der Waals surface area contributed by atoms with Crippen LogP contribution < -0.4 is 11.1 Å². The fourth-order valence-electron chi connectivity index (χ4n) is 2.16. The predicted molar refractivity (Wildman–Crippen MR) is 82.5 cm³/mol. The molecule has 3 nitrogen and oxygen atoms in total. The van der Waals surface area contributed by atoms with Crippen molar-refractivity contribution in [2.24, 2.45) is 0 Å². The SMILES string of the molecule is CCC(NC(=O)c1ccc(N)c(C)c1)c1ccccc1. The monoisotopic (exact) mass is 268 g/mol. The molecule has 0 heterocycles. The lowest BCUT2D eigenvalue weighted by atomic mass is 10.0. The maximum atomic E-state index is 12.3. The van der Waals surface area contributed by atoms with Crippen molar-refractivity contribution >= 4 is 11.6 Å². The molecule has 0 radical (unpaired) electrons. The number of nitrogens with two attached hydrogens (primary N) is 1. The Labute approximate surface area is 119 Å². The third-order valence-electron chi connectivity index (χ3n) is 3.45. The van der Waals surface area contributed by atoms with Crippen LogP contribution in [-0.4, -0.2) is 5.91 Å². The fourth-order valence-corrected chi connectivity index (χ4v) is 2.16. The van der Waals surface area contributed by atoms with Crippen LogP contribution >= 0.6 is 0 Å². The van der Waals surface area contributed by atoms with Gasteiger partial charge < -0.3 is 11.1 Å². The summed E-state index contributed by atoms with van der Waals surface area (Å²) < 4.78 is 0. The summed E-state index contributed by atoms with van der Waals surface area (Å²) in [5.74, 6) is -0.0659. The largest absolute Gasteiger partial charge is 0.399 e. The molecule has 0 saturated heterocycles. The van der Waals surface area contributed by atoms with Crippen LogP contribution in [0.1, 0.15) is 40.9 Å². The van der Waals surface area contributed by atoms with Crippen molar-refractivity contribution in [2.75, 3.05) is 5.73 Å². The van der Waals surface area contributed by atoms with E-state index in [2.05, 4.69) is 12.2 Å². The summed E-state index contributed by atoms with van der Waals surface area (Å²) in [5, 5.41) is 3.07. The van der Waals surface area contributed by atoms with Crippen molar-refractivity contribution in [3.63, 3.8) is 0 Å². The highest BCUT2D eigenvalue weighted by Gasteiger charge is 2.14. The number of benzene rings is 2. The minimum Gasteiger partial charge on any atom is -0.399 e. The summed E-state index contributed by atoms with van der Waals surface area (Å²) in [6.07, 6.45) is 0.851. The van der Waals surface area contributed by atoms with Gasteiger partial charge in [-0.25, -0.2) is 0 Å². The standard InChI is InChI=1S/C17H20N2O/c1-3-16(13-7-5-4-6-8-13)19-17(20)14-9-10-15(18)12(2)11-14/h4-11,16H,3,18H2,1-2H3,(H,19,20). The molecule has 0 spiro atoms. The highest BCUT2D eigenvalue weighted by molar-refractivity contribution is 5.95. The van der Waals surface area contributed by atoms with E-state index in [-0.39, 0.29) is 11.9 Å². The van der Waals surface area contributed by atoms with E-state index >= 15 is 0 Å². The Hall–Kier alpha value is -2.29. The molecule has 0 fully saturated rings. The molecule has 0 aliphatic rings. The van der Waals surface area contributed by atoms with Gasteiger partial charge in [0.2, 0.25) is 0 Å². The lowest BCUT2D eigenvalue weighted by molar-refractivity contribution is 0.0935. The second-order valence-corrected chi connectivity index (χ2v) is 4.92. The Morgan fingerprint density at radius 3 is 2.50 bits per heavy atom. The van der Waals surface area contributed by atoms with Crippen molar-refractivity contribution in [3.8, 4) is 0 Å². The van der Waals surface area contributed by atoms with Crippen molar-refractivity contribution in [3.05, 3.63) is 65.2 Å². The first kappa shape index (κ1) is 14.1. The molecular formula is C17H20N2O. The number of aryl methyl sites for hydroxylation is 1. The zero-order chi connectivity index (χ0) is 14.5. The first-order valence-electron chi connectivity index (χ1n) is 6.83. The maximum absolute atomic E-state index is 12.3. The first-order valence-corrected chi connectivity index (χ1v) is 6.83. The average molecular weight is 268 g/mol. The number of carbonyl (C=O) groups is 1. The number of carbonyl (C=O) groups excluding carboxylic acids is 1. The second kappa shape index (κ2) is 6.24. The molecule has 3 N–H and O–H groups in total. The molecule has 20 heavy (non-hydrogen) atoms. The number of rotatable bonds is 4. The first-order chi connectivity index (χ1) is 9.61. The number of hydrogen-bond acceptors (Lipinski definition) is 2. The molecule has 2 aromatic carbocycles. The number of hydrogen-bond donors (Lipinski definition) is 2. The second-order valence-electron chi connectivity index (χ2n) is 4.92. The van der Waals surface area contributed by atoms with Crippen LogP contribution in [0.3, 0.4) is 0 Å². The van der Waals surface area contributed by atoms with Crippen molar-refractivity contribution in [1.82, 2.24) is 5.32 Å². The van der Waals surface area contributed by atoms with Gasteiger partial charge in [-0.05, 0) is 42.7 Å². The van der Waals surface area contributed by atoms with E-state index < -0.39 is 0 Å². The van der Waals surface area contributed by atoms with Crippen LogP contribution in [0, 0.1) is 6.92 Å². The molecule has 0 aliphatic heterocycles. The highest BCUT2D eigenvalue weighted by atomic mass is 16.1. The van der Waals surface area contributed by atoms with Crippen molar-refractivity contribution < 1.29 is 4.79 Å². The lowest BCUT2D eigenvalue weighted by Crippen LogP contribution is -2.28. The summed E-state index contributed by atoms with van der Waals surface area (Å²) in [6.45, 7) is 3.97. The van der Waals surface area contributed by atoms with Gasteiger partial charge in [0.25, 0.3) is 5.91 Å². The Balaban J connectivity index is 2.15. The van der Waals surface area contributed by atoms with E-state index in [0.717, 1.165) is 17.5 Å². The fraction of sp³-hybridized carbons (Fsp3) is 0.235. The number of nitrogens with one attached hydrogen (secondary N) is 1. The molecule has 2 rings (SSSR count). The molecule has 104 valence electrons. The van der Waals surface area contributed by atoms with Gasteiger partial charge in [0.15, 0.2) is 0 Å². The molecular weight excluding hydrogens is 248 g/mol. The minimum atomic E-state index is -0.0659. The molecule has 3 heteroatoms. The molecule has 1 atom stereocenters. The van der Waals surface area contributed by atoms with Gasteiger partial charge in [-0.3, -0.25) is 4.79 Å². The van der Waals surface area contributed by atoms with Gasteiger partial charge in [-0.2, -0.15) is 0 Å². The topological polar surface area (TPSA) is 55.1 Å². The van der Waals surface area contributed by atoms with Crippen LogP contribution in [0.15, 0.2) is 48.5 Å². The van der Waals surface area contributed by atoms with Gasteiger partial charge in [0.1, 0.15) is 0 Å². The van der Waals surface area contributed by atoms with Gasteiger partial charge >= 0.3 is 0 Å². The number of nitrogen functional groups attached to an aromatic ring is 1. The Kier molecular flexibility index (Phi) is 4.41. The van der Waals surface area contributed by atoms with Gasteiger partial charge in [-0.1, -0.05) is 37.3 Å². The Bertz CT molecular complexity index is 593. The Morgan fingerprint density at radius 1 is 1.20 bits per heavy atom. The van der Waals surface area contributed by atoms with Gasteiger partial charge in [-0.15, -0.1) is 0 Å². The summed E-state index contributed by atoms with van der Waals surface area (Å²) in [4.78, 5) is 12.3. The van der Waals surface area contributed by atoms with E-state index in [1.807, 2.05) is 43.3 Å². The van der Waals surface area contributed by atoms with Crippen LogP contribution in [0.4, 0.5) is 5.69 Å². The summed E-state index contributed by atoms with van der Waals surface area (Å²) in [5.41, 5.74) is 9.17. The zero-order valence-electron chi connectivity index (χ0n) is 11.9. The van der Waals surface area contributed by atoms with Crippen LogP contribution in [0.25, 0.3) is 0 Å². The average Bonchev–Trinajstić information content (AvgIpc) is 2.48. The van der Waals surface area contributed by atoms with Crippen LogP contribution in [-0.2, 0) is 0 Å². The number of amides is 1. The highest BCUT2D eigenvalue weighted by Crippen LogP contribution is 2.18. The molecule has 0 aliphatic carbocycles. The van der Waals surface area contributed by atoms with Crippen LogP contribution in [0.5, 0.6) is 0 Å². The molecule has 0 saturated carbocycles. The predicted octanol–water partition coefficient (Wildman–Crippen LogP) is 3.46. The Morgan fingerprint density at radius 2 is 1.90 bits per heavy atom. The van der Waals surface area contributed by atoms with E-state index in [1.165, 1.54) is 0 Å². The van der Waals surface area contributed by atoms with E-state index in [1.54, 1.807) is 12.1 Å². The number of anilines is 1. The van der Waals surface area contributed by atoms with E-state index in [9.17, 15) is 4.79 Å². The normalized spacial score (nSPS) is 11.9. The summed E-state index contributed by atoms with van der Waals surface area (Å²) in [6, 6.07) is 15.4. The maximum Gasteiger partial charge on any atom is 0.251 e. The summed E-state index contributed by atoms with van der Waals surface area (Å²) >= 11 is 0. The molecule has 2 aromatic rings. The molecule has 0 aromatic heterocycles. The molecule has 0 bridgehead atoms. The van der Waals surface area contributed by atoms with Gasteiger partial charge in [0, 0.05) is 11.3 Å². The molecule has 1 unspecified atom stereocenters. The van der Waals surface area contributed by atoms with Crippen molar-refractivity contribution in [2.45, 2.75) is 26.3 Å². The summed E-state index contributed by atoms with van der Waals surface area (Å²) in [7, 11) is 0. The lowest BCUT2D eigenvalue weighted by Gasteiger charge is -2.17. The van der Waals surface area contributed by atoms with Crippen molar-refractivity contribution in [1.29, 1.82) is 0 Å².